The molecule has 7 rings (SSSR count). The van der Waals surface area contributed by atoms with E-state index in [1.165, 1.54) is 30.3 Å². The molecular weight excluding hydrogens is 702 g/mol. The van der Waals surface area contributed by atoms with Gasteiger partial charge in [0.2, 0.25) is 0 Å². The quantitative estimate of drug-likeness (QED) is 0.105. The minimum Gasteiger partial charge on any atom is -0.506 e. The number of amides is 2. The van der Waals surface area contributed by atoms with Gasteiger partial charge in [-0.05, 0) is 84.1 Å². The summed E-state index contributed by atoms with van der Waals surface area (Å²) in [5.74, 6) is -3.70. The van der Waals surface area contributed by atoms with Gasteiger partial charge in [-0.25, -0.2) is 4.79 Å². The molecule has 5 unspecified atom stereocenters. The monoisotopic (exact) mass is 749 g/mol. The SMILES string of the molecule is CC1=CC23C(=O)C(C=C(COC(=O)c4ccccc4NC(=O)c4cccc(O)c4NC(=O)c4ccccc4N(C)C)[C@@H](O)[C@]2(O)[C@H]1O)C1C(CC3C)C1(C)C. The molecule has 0 saturated heterocycles. The van der Waals surface area contributed by atoms with Crippen LogP contribution in [0.5, 0.6) is 5.75 Å². The van der Waals surface area contributed by atoms with Crippen molar-refractivity contribution in [3.8, 4) is 5.75 Å². The molecule has 6 N–H and O–H groups in total. The summed E-state index contributed by atoms with van der Waals surface area (Å²) in [7, 11) is 3.57. The number of ether oxygens (including phenoxy) is 1. The van der Waals surface area contributed by atoms with Gasteiger partial charge in [-0.15, -0.1) is 0 Å². The molecule has 0 radical (unpaired) electrons. The van der Waals surface area contributed by atoms with Crippen LogP contribution in [0.15, 0.2) is 90.0 Å². The zero-order valence-corrected chi connectivity index (χ0v) is 31.7. The molecule has 0 heterocycles. The maximum Gasteiger partial charge on any atom is 0.340 e. The Kier molecular flexibility index (Phi) is 9.30. The van der Waals surface area contributed by atoms with Crippen molar-refractivity contribution in [3.05, 3.63) is 107 Å². The van der Waals surface area contributed by atoms with Crippen LogP contribution in [0.2, 0.25) is 0 Å². The molecule has 0 aliphatic heterocycles. The molecule has 1 spiro atoms. The molecule has 8 atom stereocenters. The molecular formula is C43H47N3O9. The van der Waals surface area contributed by atoms with E-state index in [1.54, 1.807) is 74.5 Å². The first-order valence-electron chi connectivity index (χ1n) is 18.5. The summed E-state index contributed by atoms with van der Waals surface area (Å²) in [6.45, 7) is 7.24. The Morgan fingerprint density at radius 2 is 1.53 bits per heavy atom. The summed E-state index contributed by atoms with van der Waals surface area (Å²) in [4.78, 5) is 57.2. The van der Waals surface area contributed by atoms with Crippen molar-refractivity contribution in [1.29, 1.82) is 0 Å². The predicted molar refractivity (Wildman–Crippen MR) is 206 cm³/mol. The Hall–Kier alpha value is -5.30. The average molecular weight is 750 g/mol. The normalized spacial score (nSPS) is 30.0. The summed E-state index contributed by atoms with van der Waals surface area (Å²) in [5, 5.41) is 51.7. The Bertz CT molecular complexity index is 2170. The number of carbonyl (C=O) groups excluding carboxylic acids is 4. The van der Waals surface area contributed by atoms with Crippen LogP contribution in [0.1, 0.15) is 65.2 Å². The molecule has 288 valence electrons. The van der Waals surface area contributed by atoms with Crippen molar-refractivity contribution in [1.82, 2.24) is 0 Å². The van der Waals surface area contributed by atoms with Crippen molar-refractivity contribution in [2.24, 2.45) is 34.5 Å². The number of aliphatic hydroxyl groups excluding tert-OH is 2. The van der Waals surface area contributed by atoms with Crippen molar-refractivity contribution >= 4 is 40.6 Å². The van der Waals surface area contributed by atoms with Crippen LogP contribution in [0, 0.1) is 34.5 Å². The maximum atomic E-state index is 14.6. The highest BCUT2D eigenvalue weighted by molar-refractivity contribution is 6.16. The highest BCUT2D eigenvalue weighted by Crippen LogP contribution is 2.71. The second kappa shape index (κ2) is 13.5. The first-order chi connectivity index (χ1) is 26.0. The minimum atomic E-state index is -2.28. The van der Waals surface area contributed by atoms with Crippen LogP contribution in [-0.2, 0) is 9.53 Å². The van der Waals surface area contributed by atoms with E-state index in [0.717, 1.165) is 0 Å². The molecule has 0 aromatic heterocycles. The standard InChI is InChI=1S/C43H47N3O9/c1-22-20-42-23(2)18-29-33(41(29,3)4)28(37(42)50)19-24(36(49)43(42,54)35(22)48)21-55-40(53)25-12-7-9-15-30(25)44-39(52)27-14-11-17-32(47)34(27)45-38(51)26-13-8-10-16-31(26)46(5)6/h7-17,19-20,23,28-29,33,35-36,47-49,54H,18,21H2,1-6H3,(H,44,52)(H,45,51)/t23?,28?,29?,33?,35-,36+,42?,43+/m0/s1. The summed E-state index contributed by atoms with van der Waals surface area (Å²) >= 11 is 0. The first kappa shape index (κ1) is 38.0. The van der Waals surface area contributed by atoms with Crippen LogP contribution < -0.4 is 15.5 Å². The third kappa shape index (κ3) is 5.77. The Morgan fingerprint density at radius 1 is 0.891 bits per heavy atom. The van der Waals surface area contributed by atoms with Gasteiger partial charge in [0.05, 0.1) is 33.5 Å². The third-order valence-electron chi connectivity index (χ3n) is 12.7. The topological polar surface area (TPSA) is 186 Å². The molecule has 3 aromatic rings. The zero-order chi connectivity index (χ0) is 39.8. The number of hydrogen-bond donors (Lipinski definition) is 6. The van der Waals surface area contributed by atoms with E-state index in [1.807, 2.05) is 6.92 Å². The Morgan fingerprint density at radius 3 is 2.24 bits per heavy atom. The number of fused-ring (bicyclic) bond motifs is 3. The number of benzene rings is 3. The van der Waals surface area contributed by atoms with Crippen molar-refractivity contribution < 1.29 is 44.3 Å². The number of phenolic OH excluding ortho intramolecular Hbond substituents is 1. The predicted octanol–water partition coefficient (Wildman–Crippen LogP) is 4.96. The van der Waals surface area contributed by atoms with Crippen molar-refractivity contribution in [2.45, 2.75) is 51.9 Å². The molecule has 4 aliphatic rings. The number of nitrogens with one attached hydrogen (secondary N) is 2. The summed E-state index contributed by atoms with van der Waals surface area (Å²) in [5.41, 5.74) is -2.72. The van der Waals surface area contributed by atoms with Gasteiger partial charge in [0, 0.05) is 25.7 Å². The molecule has 2 bridgehead atoms. The maximum absolute atomic E-state index is 14.6. The number of aromatic hydroxyl groups is 1. The number of rotatable bonds is 8. The zero-order valence-electron chi connectivity index (χ0n) is 31.7. The summed E-state index contributed by atoms with van der Waals surface area (Å²) < 4.78 is 5.75. The van der Waals surface area contributed by atoms with Gasteiger partial charge in [-0.3, -0.25) is 14.4 Å². The van der Waals surface area contributed by atoms with Crippen LogP contribution in [0.4, 0.5) is 17.1 Å². The van der Waals surface area contributed by atoms with Gasteiger partial charge in [-0.1, -0.05) is 63.3 Å². The number of esters is 1. The fourth-order valence-corrected chi connectivity index (χ4v) is 9.70. The van der Waals surface area contributed by atoms with E-state index in [2.05, 4.69) is 24.5 Å². The molecule has 2 fully saturated rings. The van der Waals surface area contributed by atoms with Gasteiger partial charge in [0.25, 0.3) is 11.8 Å². The number of phenols is 1. The first-order valence-corrected chi connectivity index (χ1v) is 18.5. The Labute approximate surface area is 319 Å². The van der Waals surface area contributed by atoms with E-state index in [4.69, 9.17) is 4.74 Å². The third-order valence-corrected chi connectivity index (χ3v) is 12.7. The van der Waals surface area contributed by atoms with E-state index in [9.17, 15) is 39.6 Å². The smallest absolute Gasteiger partial charge is 0.340 e. The van der Waals surface area contributed by atoms with Gasteiger partial charge in [-0.2, -0.15) is 0 Å². The fraction of sp³-hybridized carbons (Fsp3) is 0.395. The van der Waals surface area contributed by atoms with Gasteiger partial charge < -0.3 is 40.7 Å². The number of hydrogen-bond acceptors (Lipinski definition) is 10. The van der Waals surface area contributed by atoms with Gasteiger partial charge in [0.15, 0.2) is 5.78 Å². The summed E-state index contributed by atoms with van der Waals surface area (Å²) in [6, 6.07) is 17.2. The lowest BCUT2D eigenvalue weighted by atomic mass is 9.59. The molecule has 12 heteroatoms. The molecule has 3 aromatic carbocycles. The van der Waals surface area contributed by atoms with E-state index >= 15 is 0 Å². The largest absolute Gasteiger partial charge is 0.506 e. The number of aliphatic hydroxyl groups is 3. The number of para-hydroxylation sites is 3. The van der Waals surface area contributed by atoms with Crippen molar-refractivity contribution in [2.75, 3.05) is 36.2 Å². The van der Waals surface area contributed by atoms with Crippen LogP contribution in [0.3, 0.4) is 0 Å². The average Bonchev–Trinajstić information content (AvgIpc) is 3.66. The van der Waals surface area contributed by atoms with E-state index in [-0.39, 0.29) is 62.8 Å². The number of carbonyl (C=O) groups is 4. The Balaban J connectivity index is 1.14. The molecule has 55 heavy (non-hydrogen) atoms. The van der Waals surface area contributed by atoms with E-state index in [0.29, 0.717) is 23.2 Å². The van der Waals surface area contributed by atoms with E-state index < -0.39 is 53.5 Å². The highest BCUT2D eigenvalue weighted by atomic mass is 16.5. The van der Waals surface area contributed by atoms with Crippen LogP contribution in [0.25, 0.3) is 0 Å². The van der Waals surface area contributed by atoms with Gasteiger partial charge in [0.1, 0.15) is 30.2 Å². The second-order valence-electron chi connectivity index (χ2n) is 16.3. The lowest BCUT2D eigenvalue weighted by Gasteiger charge is -2.48. The fourth-order valence-electron chi connectivity index (χ4n) is 9.70. The van der Waals surface area contributed by atoms with Crippen molar-refractivity contribution in [3.63, 3.8) is 0 Å². The number of allylic oxidation sites excluding steroid dienone is 1. The number of anilines is 3. The molecule has 2 amide bonds. The summed E-state index contributed by atoms with van der Waals surface area (Å²) in [6.07, 6.45) is 0.651. The van der Waals surface area contributed by atoms with Crippen LogP contribution in [-0.4, -0.2) is 82.5 Å². The lowest BCUT2D eigenvalue weighted by Crippen LogP contribution is -2.65. The van der Waals surface area contributed by atoms with Gasteiger partial charge >= 0.3 is 5.97 Å². The molecule has 12 nitrogen and oxygen atoms in total. The second-order valence-corrected chi connectivity index (χ2v) is 16.3. The number of nitrogens with zero attached hydrogens (tertiary/aromatic N) is 1. The molecule has 2 saturated carbocycles. The minimum absolute atomic E-state index is 0.0394. The highest BCUT2D eigenvalue weighted by Gasteiger charge is 2.75. The van der Waals surface area contributed by atoms with Crippen LogP contribution >= 0.6 is 0 Å². The molecule has 4 aliphatic carbocycles. The number of ketones is 1. The lowest BCUT2D eigenvalue weighted by molar-refractivity contribution is -0.190. The number of Topliss-reactive ketones (excluding diaryl/α,β-unsaturated/α-hetero) is 1.